The van der Waals surface area contributed by atoms with Gasteiger partial charge in [-0.25, -0.2) is 4.79 Å². The van der Waals surface area contributed by atoms with Crippen LogP contribution < -0.4 is 10.5 Å². The molecule has 0 bridgehead atoms. The van der Waals surface area contributed by atoms with E-state index in [1.54, 1.807) is 17.8 Å². The second-order valence-corrected chi connectivity index (χ2v) is 4.50. The van der Waals surface area contributed by atoms with Crippen molar-refractivity contribution in [1.82, 2.24) is 0 Å². The average molecular weight is 241 g/mol. The first kappa shape index (κ1) is 12.7. The topological polar surface area (TPSA) is 72.5 Å². The van der Waals surface area contributed by atoms with Crippen molar-refractivity contribution in [3.05, 3.63) is 23.8 Å². The molecule has 0 radical (unpaired) electrons. The number of carboxylic acids is 1. The van der Waals surface area contributed by atoms with Gasteiger partial charge < -0.3 is 15.6 Å². The molecular formula is C11H15NO3S. The molecule has 0 spiro atoms. The fourth-order valence-corrected chi connectivity index (χ4v) is 1.64. The van der Waals surface area contributed by atoms with Crippen molar-refractivity contribution >= 4 is 23.4 Å². The van der Waals surface area contributed by atoms with E-state index in [-0.39, 0.29) is 5.56 Å². The molecule has 0 aliphatic rings. The maximum absolute atomic E-state index is 10.7. The van der Waals surface area contributed by atoms with Crippen LogP contribution in [0.15, 0.2) is 18.2 Å². The van der Waals surface area contributed by atoms with Crippen molar-refractivity contribution in [2.45, 2.75) is 6.92 Å². The Morgan fingerprint density at radius 1 is 1.56 bits per heavy atom. The number of aromatic carboxylic acids is 1. The Morgan fingerprint density at radius 3 is 2.94 bits per heavy atom. The number of carboxylic acid groups (broad SMARTS) is 1. The van der Waals surface area contributed by atoms with Gasteiger partial charge >= 0.3 is 5.97 Å². The number of rotatable bonds is 6. The van der Waals surface area contributed by atoms with Crippen LogP contribution in [0, 0.1) is 0 Å². The highest BCUT2D eigenvalue weighted by atomic mass is 32.2. The van der Waals surface area contributed by atoms with Crippen LogP contribution in [0.25, 0.3) is 0 Å². The van der Waals surface area contributed by atoms with Crippen LogP contribution in [0.2, 0.25) is 0 Å². The Bertz CT molecular complexity index is 368. The molecule has 1 aromatic rings. The fraction of sp³-hybridized carbons (Fsp3) is 0.364. The van der Waals surface area contributed by atoms with E-state index in [1.165, 1.54) is 12.1 Å². The maximum Gasteiger partial charge on any atom is 0.335 e. The van der Waals surface area contributed by atoms with Crippen molar-refractivity contribution < 1.29 is 14.6 Å². The summed E-state index contributed by atoms with van der Waals surface area (Å²) in [6.45, 7) is 2.61. The molecule has 5 heteroatoms. The molecule has 16 heavy (non-hydrogen) atoms. The lowest BCUT2D eigenvalue weighted by Crippen LogP contribution is -2.05. The summed E-state index contributed by atoms with van der Waals surface area (Å²) >= 11 is 1.76. The molecule has 0 saturated carbocycles. The number of thioether (sulfide) groups is 1. The minimum Gasteiger partial charge on any atom is -0.491 e. The zero-order valence-electron chi connectivity index (χ0n) is 9.10. The van der Waals surface area contributed by atoms with Crippen LogP contribution in [0.1, 0.15) is 17.3 Å². The third-order valence-corrected chi connectivity index (χ3v) is 2.81. The molecule has 88 valence electrons. The van der Waals surface area contributed by atoms with Gasteiger partial charge in [0.05, 0.1) is 17.9 Å². The van der Waals surface area contributed by atoms with E-state index >= 15 is 0 Å². The third-order valence-electron chi connectivity index (χ3n) is 1.95. The largest absolute Gasteiger partial charge is 0.491 e. The van der Waals surface area contributed by atoms with E-state index in [1.807, 2.05) is 0 Å². The van der Waals surface area contributed by atoms with Crippen LogP contribution in [-0.2, 0) is 0 Å². The van der Waals surface area contributed by atoms with Gasteiger partial charge in [0, 0.05) is 5.75 Å². The number of hydrogen-bond acceptors (Lipinski definition) is 4. The van der Waals surface area contributed by atoms with E-state index in [0.717, 1.165) is 11.5 Å². The van der Waals surface area contributed by atoms with Crippen molar-refractivity contribution in [3.63, 3.8) is 0 Å². The lowest BCUT2D eigenvalue weighted by Gasteiger charge is -2.09. The average Bonchev–Trinajstić information content (AvgIpc) is 2.26. The van der Waals surface area contributed by atoms with Crippen LogP contribution in [0.3, 0.4) is 0 Å². The van der Waals surface area contributed by atoms with Gasteiger partial charge in [0.15, 0.2) is 0 Å². The van der Waals surface area contributed by atoms with Gasteiger partial charge in [-0.3, -0.25) is 0 Å². The van der Waals surface area contributed by atoms with Gasteiger partial charge in [0.1, 0.15) is 5.75 Å². The minimum atomic E-state index is -0.979. The maximum atomic E-state index is 10.7. The summed E-state index contributed by atoms with van der Waals surface area (Å²) in [5.41, 5.74) is 6.33. The Morgan fingerprint density at radius 2 is 2.31 bits per heavy atom. The first-order valence-corrected chi connectivity index (χ1v) is 6.14. The zero-order chi connectivity index (χ0) is 12.0. The molecule has 0 heterocycles. The van der Waals surface area contributed by atoms with Crippen LogP contribution in [0.4, 0.5) is 5.69 Å². The number of benzene rings is 1. The summed E-state index contributed by atoms with van der Waals surface area (Å²) < 4.78 is 5.42. The first-order chi connectivity index (χ1) is 7.65. The summed E-state index contributed by atoms with van der Waals surface area (Å²) in [6, 6.07) is 4.46. The molecule has 0 fully saturated rings. The number of nitrogen functional groups attached to an aromatic ring is 1. The fourth-order valence-electron chi connectivity index (χ4n) is 1.15. The van der Waals surface area contributed by atoms with Crippen molar-refractivity contribution in [2.75, 3.05) is 23.8 Å². The highest BCUT2D eigenvalue weighted by Crippen LogP contribution is 2.22. The third kappa shape index (κ3) is 3.66. The normalized spacial score (nSPS) is 10.1. The molecule has 3 N–H and O–H groups in total. The lowest BCUT2D eigenvalue weighted by atomic mass is 10.2. The monoisotopic (exact) mass is 241 g/mol. The van der Waals surface area contributed by atoms with Crippen LogP contribution >= 0.6 is 11.8 Å². The highest BCUT2D eigenvalue weighted by Gasteiger charge is 2.07. The molecule has 0 unspecified atom stereocenters. The Labute approximate surface area is 98.8 Å². The van der Waals surface area contributed by atoms with Crippen molar-refractivity contribution in [1.29, 1.82) is 0 Å². The summed E-state index contributed by atoms with van der Waals surface area (Å²) in [7, 11) is 0. The second kappa shape index (κ2) is 6.27. The second-order valence-electron chi connectivity index (χ2n) is 3.10. The molecule has 0 aromatic heterocycles. The van der Waals surface area contributed by atoms with Gasteiger partial charge in [-0.2, -0.15) is 11.8 Å². The number of hydrogen-bond donors (Lipinski definition) is 2. The van der Waals surface area contributed by atoms with E-state index in [0.29, 0.717) is 18.0 Å². The first-order valence-electron chi connectivity index (χ1n) is 4.98. The molecule has 0 atom stereocenters. The van der Waals surface area contributed by atoms with E-state index in [2.05, 4.69) is 6.92 Å². The predicted molar refractivity (Wildman–Crippen MR) is 66.3 cm³/mol. The van der Waals surface area contributed by atoms with Gasteiger partial charge in [0.25, 0.3) is 0 Å². The minimum absolute atomic E-state index is 0.187. The number of nitrogens with two attached hydrogens (primary N) is 1. The summed E-state index contributed by atoms with van der Waals surface area (Å²) in [4.78, 5) is 10.7. The Kier molecular flexibility index (Phi) is 4.98. The molecule has 1 rings (SSSR count). The highest BCUT2D eigenvalue weighted by molar-refractivity contribution is 7.99. The van der Waals surface area contributed by atoms with Crippen molar-refractivity contribution in [3.8, 4) is 5.75 Å². The number of ether oxygens (including phenoxy) is 1. The van der Waals surface area contributed by atoms with E-state index in [4.69, 9.17) is 15.6 Å². The van der Waals surface area contributed by atoms with Gasteiger partial charge in [-0.05, 0) is 24.0 Å². The van der Waals surface area contributed by atoms with Gasteiger partial charge in [-0.15, -0.1) is 0 Å². The summed E-state index contributed by atoms with van der Waals surface area (Å²) in [5, 5.41) is 8.81. The quantitative estimate of drug-likeness (QED) is 0.589. The smallest absolute Gasteiger partial charge is 0.335 e. The molecule has 0 aliphatic heterocycles. The Hall–Kier alpha value is -1.36. The van der Waals surface area contributed by atoms with E-state index in [9.17, 15) is 4.79 Å². The van der Waals surface area contributed by atoms with Crippen molar-refractivity contribution in [2.24, 2.45) is 0 Å². The number of carbonyl (C=O) groups is 1. The predicted octanol–water partition coefficient (Wildman–Crippen LogP) is 2.10. The van der Waals surface area contributed by atoms with Crippen LogP contribution in [-0.4, -0.2) is 29.2 Å². The molecule has 1 aromatic carbocycles. The van der Waals surface area contributed by atoms with E-state index < -0.39 is 5.97 Å². The van der Waals surface area contributed by atoms with Crippen LogP contribution in [0.5, 0.6) is 5.75 Å². The lowest BCUT2D eigenvalue weighted by molar-refractivity contribution is 0.0696. The summed E-state index contributed by atoms with van der Waals surface area (Å²) in [6.07, 6.45) is 0. The van der Waals surface area contributed by atoms with Gasteiger partial charge in [0.2, 0.25) is 0 Å². The molecule has 0 amide bonds. The number of anilines is 1. The SMILES string of the molecule is CCSCCOc1cc(C(=O)O)ccc1N. The molecule has 0 aliphatic carbocycles. The summed E-state index contributed by atoms with van der Waals surface area (Å²) in [5.74, 6) is 1.37. The molecular weight excluding hydrogens is 226 g/mol. The van der Waals surface area contributed by atoms with Gasteiger partial charge in [-0.1, -0.05) is 6.92 Å². The Balaban J connectivity index is 2.63. The molecule has 0 saturated heterocycles. The molecule has 4 nitrogen and oxygen atoms in total. The zero-order valence-corrected chi connectivity index (χ0v) is 9.92. The standard InChI is InChI=1S/C11H15NO3S/c1-2-16-6-5-15-10-7-8(11(13)14)3-4-9(10)12/h3-4,7H,2,5-6,12H2,1H3,(H,13,14).